The third kappa shape index (κ3) is 3.46. The number of carbonyl (C=O) groups is 1. The Bertz CT molecular complexity index is 649. The quantitative estimate of drug-likeness (QED) is 0.915. The van der Waals surface area contributed by atoms with Gasteiger partial charge in [0.1, 0.15) is 0 Å². The van der Waals surface area contributed by atoms with E-state index in [4.69, 9.17) is 0 Å². The number of sulfone groups is 1. The number of thiophene rings is 1. The van der Waals surface area contributed by atoms with E-state index < -0.39 is 9.84 Å². The molecule has 1 aliphatic heterocycles. The van der Waals surface area contributed by atoms with E-state index in [9.17, 15) is 13.2 Å². The first kappa shape index (κ1) is 15.8. The van der Waals surface area contributed by atoms with Gasteiger partial charge in [-0.2, -0.15) is 0 Å². The van der Waals surface area contributed by atoms with Gasteiger partial charge in [-0.1, -0.05) is 6.42 Å². The van der Waals surface area contributed by atoms with Crippen molar-refractivity contribution in [3.05, 3.63) is 21.9 Å². The third-order valence-corrected chi connectivity index (χ3v) is 7.33. The Kier molecular flexibility index (Phi) is 4.45. The van der Waals surface area contributed by atoms with Crippen molar-refractivity contribution in [1.82, 2.24) is 10.2 Å². The summed E-state index contributed by atoms with van der Waals surface area (Å²) in [5.74, 6) is 0.565. The summed E-state index contributed by atoms with van der Waals surface area (Å²) in [7, 11) is -3.00. The van der Waals surface area contributed by atoms with Gasteiger partial charge in [0.15, 0.2) is 9.84 Å². The molecule has 2 fully saturated rings. The van der Waals surface area contributed by atoms with Crippen LogP contribution in [0.5, 0.6) is 0 Å². The third-order valence-electron chi connectivity index (χ3n) is 4.62. The molecule has 22 heavy (non-hydrogen) atoms. The van der Waals surface area contributed by atoms with Crippen LogP contribution in [-0.2, 0) is 16.4 Å². The van der Waals surface area contributed by atoms with Crippen LogP contribution in [0.3, 0.4) is 0 Å². The number of nitrogens with one attached hydrogen (secondary N) is 1. The molecule has 2 amide bonds. The first-order valence-corrected chi connectivity index (χ1v) is 10.4. The number of nitrogens with zero attached hydrogens (tertiary/aromatic N) is 1. The van der Waals surface area contributed by atoms with Crippen molar-refractivity contribution in [3.8, 4) is 0 Å². The number of hydrogen-bond donors (Lipinski definition) is 1. The fraction of sp³-hybridized carbons (Fsp3) is 0.667. The van der Waals surface area contributed by atoms with Crippen LogP contribution in [0.15, 0.2) is 11.4 Å². The smallest absolute Gasteiger partial charge is 0.318 e. The van der Waals surface area contributed by atoms with Crippen LogP contribution in [0.25, 0.3) is 0 Å². The van der Waals surface area contributed by atoms with Crippen molar-refractivity contribution < 1.29 is 13.2 Å². The highest BCUT2D eigenvalue weighted by atomic mass is 32.2. The van der Waals surface area contributed by atoms with Gasteiger partial charge >= 0.3 is 6.03 Å². The molecule has 1 atom stereocenters. The molecule has 0 spiro atoms. The number of carbonyl (C=O) groups excluding carboxylic acids is 1. The summed E-state index contributed by atoms with van der Waals surface area (Å²) in [6, 6.07) is 1.80. The summed E-state index contributed by atoms with van der Waals surface area (Å²) in [6.45, 7) is 2.86. The fourth-order valence-corrected chi connectivity index (χ4v) is 5.58. The standard InChI is InChI=1S/C15H22N2O3S2/c1-11-7-13(21-9-11)8-16-15(18)17-5-6-22(19,20)10-14(17)12-3-2-4-12/h7,9,12,14H,2-6,8,10H2,1H3,(H,16,18). The molecule has 122 valence electrons. The molecule has 2 heterocycles. The van der Waals surface area contributed by atoms with Crippen LogP contribution in [-0.4, -0.2) is 43.4 Å². The Labute approximate surface area is 135 Å². The maximum atomic E-state index is 12.5. The minimum absolute atomic E-state index is 0.0851. The van der Waals surface area contributed by atoms with Gasteiger partial charge in [0, 0.05) is 11.4 Å². The number of amides is 2. The summed E-state index contributed by atoms with van der Waals surface area (Å²) in [6.07, 6.45) is 3.22. The molecule has 5 nitrogen and oxygen atoms in total. The van der Waals surface area contributed by atoms with E-state index >= 15 is 0 Å². The number of urea groups is 1. The molecule has 1 aromatic rings. The molecule has 7 heteroatoms. The number of hydrogen-bond acceptors (Lipinski definition) is 4. The van der Waals surface area contributed by atoms with Gasteiger partial charge in [0.25, 0.3) is 0 Å². The van der Waals surface area contributed by atoms with Gasteiger partial charge in [-0.25, -0.2) is 13.2 Å². The summed E-state index contributed by atoms with van der Waals surface area (Å²) in [5, 5.41) is 5.01. The molecule has 1 saturated carbocycles. The molecule has 1 N–H and O–H groups in total. The zero-order valence-corrected chi connectivity index (χ0v) is 14.4. The first-order valence-electron chi connectivity index (χ1n) is 7.73. The molecule has 0 bridgehead atoms. The van der Waals surface area contributed by atoms with E-state index in [2.05, 4.69) is 16.8 Å². The predicted molar refractivity (Wildman–Crippen MR) is 87.8 cm³/mol. The Morgan fingerprint density at radius 3 is 2.82 bits per heavy atom. The van der Waals surface area contributed by atoms with E-state index in [1.54, 1.807) is 16.2 Å². The second-order valence-electron chi connectivity index (χ2n) is 6.32. The maximum Gasteiger partial charge on any atom is 0.318 e. The van der Waals surface area contributed by atoms with E-state index in [1.807, 2.05) is 6.92 Å². The van der Waals surface area contributed by atoms with Gasteiger partial charge in [-0.3, -0.25) is 0 Å². The average molecular weight is 342 g/mol. The van der Waals surface area contributed by atoms with Crippen molar-refractivity contribution in [3.63, 3.8) is 0 Å². The molecule has 1 aliphatic carbocycles. The summed E-state index contributed by atoms with van der Waals surface area (Å²) in [4.78, 5) is 15.3. The van der Waals surface area contributed by atoms with Crippen LogP contribution in [0.4, 0.5) is 4.79 Å². The van der Waals surface area contributed by atoms with Gasteiger partial charge in [-0.05, 0) is 42.7 Å². The maximum absolute atomic E-state index is 12.5. The molecule has 0 aromatic carbocycles. The van der Waals surface area contributed by atoms with Crippen molar-refractivity contribution in [2.45, 2.75) is 38.8 Å². The molecular weight excluding hydrogens is 320 g/mol. The van der Waals surface area contributed by atoms with E-state index in [-0.39, 0.29) is 23.6 Å². The normalized spacial score (nSPS) is 24.8. The highest BCUT2D eigenvalue weighted by Gasteiger charge is 2.40. The predicted octanol–water partition coefficient (Wildman–Crippen LogP) is 2.17. The Balaban J connectivity index is 1.64. The lowest BCUT2D eigenvalue weighted by atomic mass is 9.79. The monoisotopic (exact) mass is 342 g/mol. The molecule has 3 rings (SSSR count). The zero-order valence-electron chi connectivity index (χ0n) is 12.7. The van der Waals surface area contributed by atoms with E-state index in [1.165, 1.54) is 5.56 Å². The SMILES string of the molecule is Cc1csc(CNC(=O)N2CCS(=O)(=O)CC2C2CCC2)c1. The summed E-state index contributed by atoms with van der Waals surface area (Å²) in [5.41, 5.74) is 1.20. The van der Waals surface area contributed by atoms with Crippen molar-refractivity contribution in [2.24, 2.45) is 5.92 Å². The zero-order chi connectivity index (χ0) is 15.7. The van der Waals surface area contributed by atoms with Crippen LogP contribution in [0.1, 0.15) is 29.7 Å². The van der Waals surface area contributed by atoms with Gasteiger partial charge < -0.3 is 10.2 Å². The lowest BCUT2D eigenvalue weighted by Gasteiger charge is -2.43. The van der Waals surface area contributed by atoms with Crippen molar-refractivity contribution in [1.29, 1.82) is 0 Å². The van der Waals surface area contributed by atoms with E-state index in [0.29, 0.717) is 19.0 Å². The van der Waals surface area contributed by atoms with Crippen molar-refractivity contribution >= 4 is 27.2 Å². The lowest BCUT2D eigenvalue weighted by Crippen LogP contribution is -2.57. The van der Waals surface area contributed by atoms with Gasteiger partial charge in [0.05, 0.1) is 24.1 Å². The molecule has 2 aliphatic rings. The number of aryl methyl sites for hydroxylation is 1. The molecule has 1 aromatic heterocycles. The first-order chi connectivity index (χ1) is 10.4. The summed E-state index contributed by atoms with van der Waals surface area (Å²) < 4.78 is 23.8. The van der Waals surface area contributed by atoms with Crippen molar-refractivity contribution in [2.75, 3.05) is 18.1 Å². The Morgan fingerprint density at radius 1 is 1.45 bits per heavy atom. The Hall–Kier alpha value is -1.08. The van der Waals surface area contributed by atoms with Crippen LogP contribution < -0.4 is 5.32 Å². The Morgan fingerprint density at radius 2 is 2.23 bits per heavy atom. The number of rotatable bonds is 3. The van der Waals surface area contributed by atoms with Gasteiger partial charge in [-0.15, -0.1) is 11.3 Å². The van der Waals surface area contributed by atoms with Crippen LogP contribution in [0.2, 0.25) is 0 Å². The molecule has 1 saturated heterocycles. The highest BCUT2D eigenvalue weighted by Crippen LogP contribution is 2.34. The minimum Gasteiger partial charge on any atom is -0.333 e. The van der Waals surface area contributed by atoms with Crippen LogP contribution in [0, 0.1) is 12.8 Å². The van der Waals surface area contributed by atoms with Crippen LogP contribution >= 0.6 is 11.3 Å². The minimum atomic E-state index is -3.00. The molecule has 1 unspecified atom stereocenters. The van der Waals surface area contributed by atoms with E-state index in [0.717, 1.165) is 24.1 Å². The second kappa shape index (κ2) is 6.20. The largest absolute Gasteiger partial charge is 0.333 e. The second-order valence-corrected chi connectivity index (χ2v) is 9.54. The highest BCUT2D eigenvalue weighted by molar-refractivity contribution is 7.91. The van der Waals surface area contributed by atoms with Gasteiger partial charge in [0.2, 0.25) is 0 Å². The topological polar surface area (TPSA) is 66.5 Å². The summed E-state index contributed by atoms with van der Waals surface area (Å²) >= 11 is 1.63. The average Bonchev–Trinajstić information content (AvgIpc) is 2.79. The lowest BCUT2D eigenvalue weighted by molar-refractivity contribution is 0.123. The molecule has 0 radical (unpaired) electrons. The molecular formula is C15H22N2O3S2. The fourth-order valence-electron chi connectivity index (χ4n) is 3.15.